The molecular weight excluding hydrogens is 320 g/mol. The Morgan fingerprint density at radius 2 is 2.08 bits per heavy atom. The fraction of sp³-hybridized carbons (Fsp3) is 0.368. The van der Waals surface area contributed by atoms with E-state index >= 15 is 0 Å². The summed E-state index contributed by atoms with van der Waals surface area (Å²) in [5.41, 5.74) is 1.52. The molecule has 2 aromatic rings. The molecule has 6 nitrogen and oxygen atoms in total. The molecule has 2 amide bonds. The van der Waals surface area contributed by atoms with Gasteiger partial charge in [0.05, 0.1) is 6.26 Å². The van der Waals surface area contributed by atoms with Crippen molar-refractivity contribution < 1.29 is 18.7 Å². The van der Waals surface area contributed by atoms with E-state index in [1.165, 1.54) is 6.26 Å². The van der Waals surface area contributed by atoms with Crippen molar-refractivity contribution in [2.45, 2.75) is 39.3 Å². The molecule has 2 rings (SSSR count). The summed E-state index contributed by atoms with van der Waals surface area (Å²) in [5, 5.41) is 5.60. The van der Waals surface area contributed by atoms with Gasteiger partial charge in [-0.25, -0.2) is 0 Å². The van der Waals surface area contributed by atoms with Crippen molar-refractivity contribution in [2.24, 2.45) is 0 Å². The van der Waals surface area contributed by atoms with Gasteiger partial charge in [-0.05, 0) is 43.2 Å². The van der Waals surface area contributed by atoms with Crippen LogP contribution in [0.2, 0.25) is 0 Å². The van der Waals surface area contributed by atoms with Gasteiger partial charge in [-0.15, -0.1) is 0 Å². The molecule has 2 N–H and O–H groups in total. The first-order valence-corrected chi connectivity index (χ1v) is 8.43. The third kappa shape index (κ3) is 6.08. The monoisotopic (exact) mass is 344 g/mol. The Morgan fingerprint density at radius 1 is 1.24 bits per heavy atom. The van der Waals surface area contributed by atoms with Crippen LogP contribution in [0.4, 0.5) is 5.69 Å². The zero-order valence-corrected chi connectivity index (χ0v) is 14.6. The number of anilines is 1. The highest BCUT2D eigenvalue weighted by Gasteiger charge is 2.13. The lowest BCUT2D eigenvalue weighted by molar-refractivity contribution is -0.131. The average Bonchev–Trinajstić information content (AvgIpc) is 3.15. The van der Waals surface area contributed by atoms with Gasteiger partial charge in [-0.2, -0.15) is 0 Å². The number of carbonyl (C=O) groups is 2. The van der Waals surface area contributed by atoms with E-state index in [4.69, 9.17) is 9.15 Å². The summed E-state index contributed by atoms with van der Waals surface area (Å²) in [5.74, 6) is -0.220. The van der Waals surface area contributed by atoms with Gasteiger partial charge in [-0.3, -0.25) is 9.59 Å². The normalized spacial score (nSPS) is 11.8. The Morgan fingerprint density at radius 3 is 2.80 bits per heavy atom. The molecule has 0 unspecified atom stereocenters. The average molecular weight is 344 g/mol. The molecule has 0 aliphatic rings. The number of unbranched alkanes of at least 4 members (excludes halogenated alkanes) is 1. The number of amides is 2. The van der Waals surface area contributed by atoms with E-state index in [1.807, 2.05) is 18.2 Å². The van der Waals surface area contributed by atoms with Gasteiger partial charge < -0.3 is 19.8 Å². The molecule has 1 atom stereocenters. The number of rotatable bonds is 9. The second-order valence-electron chi connectivity index (χ2n) is 5.72. The molecular formula is C19H24N2O4. The van der Waals surface area contributed by atoms with Crippen molar-refractivity contribution in [1.82, 2.24) is 5.32 Å². The number of hydrogen-bond donors (Lipinski definition) is 2. The molecule has 25 heavy (non-hydrogen) atoms. The molecule has 0 fully saturated rings. The first-order chi connectivity index (χ1) is 12.1. The maximum absolute atomic E-state index is 12.0. The summed E-state index contributed by atoms with van der Waals surface area (Å²) in [7, 11) is 0. The molecule has 134 valence electrons. The summed E-state index contributed by atoms with van der Waals surface area (Å²) in [4.78, 5) is 24.0. The van der Waals surface area contributed by atoms with E-state index < -0.39 is 6.10 Å². The molecule has 6 heteroatoms. The third-order valence-corrected chi connectivity index (χ3v) is 3.63. The maximum Gasteiger partial charge on any atom is 0.291 e. The van der Waals surface area contributed by atoms with Crippen LogP contribution in [0.25, 0.3) is 0 Å². The third-order valence-electron chi connectivity index (χ3n) is 3.63. The van der Waals surface area contributed by atoms with Crippen molar-refractivity contribution in [2.75, 3.05) is 11.9 Å². The fourth-order valence-electron chi connectivity index (χ4n) is 2.17. The first-order valence-electron chi connectivity index (χ1n) is 8.43. The van der Waals surface area contributed by atoms with Crippen LogP contribution in [-0.4, -0.2) is 24.5 Å². The Labute approximate surface area is 147 Å². The predicted molar refractivity (Wildman–Crippen MR) is 95.3 cm³/mol. The standard InChI is InChI=1S/C19H24N2O4/c1-3-4-10-24-14(2)18(22)20-13-15-7-5-8-16(12-15)21-19(23)17-9-6-11-25-17/h5-9,11-12,14H,3-4,10,13H2,1-2H3,(H,20,22)(H,21,23)/t14-/m0/s1. The van der Waals surface area contributed by atoms with Gasteiger partial charge in [0.25, 0.3) is 5.91 Å². The molecule has 0 spiro atoms. The smallest absolute Gasteiger partial charge is 0.291 e. The number of carbonyl (C=O) groups excluding carboxylic acids is 2. The van der Waals surface area contributed by atoms with Crippen LogP contribution in [0.1, 0.15) is 42.8 Å². The second kappa shape index (κ2) is 9.64. The number of furan rings is 1. The Kier molecular flexibility index (Phi) is 7.22. The highest BCUT2D eigenvalue weighted by Crippen LogP contribution is 2.13. The van der Waals surface area contributed by atoms with Crippen LogP contribution >= 0.6 is 0 Å². The first kappa shape index (κ1) is 18.7. The quantitative estimate of drug-likeness (QED) is 0.684. The fourth-order valence-corrected chi connectivity index (χ4v) is 2.17. The zero-order chi connectivity index (χ0) is 18.1. The van der Waals surface area contributed by atoms with Crippen molar-refractivity contribution in [3.8, 4) is 0 Å². The highest BCUT2D eigenvalue weighted by atomic mass is 16.5. The van der Waals surface area contributed by atoms with Crippen LogP contribution < -0.4 is 10.6 Å². The van der Waals surface area contributed by atoms with Gasteiger partial charge in [-0.1, -0.05) is 25.5 Å². The summed E-state index contributed by atoms with van der Waals surface area (Å²) >= 11 is 0. The highest BCUT2D eigenvalue weighted by molar-refractivity contribution is 6.02. The predicted octanol–water partition coefficient (Wildman–Crippen LogP) is 3.35. The lowest BCUT2D eigenvalue weighted by atomic mass is 10.2. The van der Waals surface area contributed by atoms with Crippen LogP contribution in [0.5, 0.6) is 0 Å². The van der Waals surface area contributed by atoms with Crippen molar-refractivity contribution >= 4 is 17.5 Å². The molecule has 1 aromatic heterocycles. The van der Waals surface area contributed by atoms with E-state index in [0.717, 1.165) is 18.4 Å². The lowest BCUT2D eigenvalue weighted by Crippen LogP contribution is -2.34. The van der Waals surface area contributed by atoms with Crippen LogP contribution in [-0.2, 0) is 16.1 Å². The maximum atomic E-state index is 12.0. The molecule has 0 radical (unpaired) electrons. The van der Waals surface area contributed by atoms with E-state index in [0.29, 0.717) is 18.8 Å². The summed E-state index contributed by atoms with van der Waals surface area (Å²) in [6, 6.07) is 10.5. The van der Waals surface area contributed by atoms with Crippen LogP contribution in [0, 0.1) is 0 Å². The van der Waals surface area contributed by atoms with E-state index in [1.54, 1.807) is 25.1 Å². The number of ether oxygens (including phenoxy) is 1. The Balaban J connectivity index is 1.84. The van der Waals surface area contributed by atoms with Gasteiger partial charge >= 0.3 is 0 Å². The number of benzene rings is 1. The largest absolute Gasteiger partial charge is 0.459 e. The van der Waals surface area contributed by atoms with Gasteiger partial charge in [0, 0.05) is 18.8 Å². The summed E-state index contributed by atoms with van der Waals surface area (Å²) in [6.45, 7) is 4.76. The van der Waals surface area contributed by atoms with Gasteiger partial charge in [0.2, 0.25) is 5.91 Å². The van der Waals surface area contributed by atoms with Crippen molar-refractivity contribution in [3.63, 3.8) is 0 Å². The van der Waals surface area contributed by atoms with Gasteiger partial charge in [0.1, 0.15) is 6.10 Å². The van der Waals surface area contributed by atoms with E-state index in [9.17, 15) is 9.59 Å². The SMILES string of the molecule is CCCCO[C@@H](C)C(=O)NCc1cccc(NC(=O)c2ccco2)c1. The molecule has 0 saturated carbocycles. The molecule has 1 aromatic carbocycles. The number of nitrogens with one attached hydrogen (secondary N) is 2. The molecule has 0 bridgehead atoms. The minimum Gasteiger partial charge on any atom is -0.459 e. The molecule has 0 aliphatic heterocycles. The molecule has 0 aliphatic carbocycles. The molecule has 0 saturated heterocycles. The zero-order valence-electron chi connectivity index (χ0n) is 14.6. The topological polar surface area (TPSA) is 80.6 Å². The van der Waals surface area contributed by atoms with Crippen molar-refractivity contribution in [1.29, 1.82) is 0 Å². The van der Waals surface area contributed by atoms with Crippen LogP contribution in [0.3, 0.4) is 0 Å². The van der Waals surface area contributed by atoms with E-state index in [2.05, 4.69) is 17.6 Å². The van der Waals surface area contributed by atoms with E-state index in [-0.39, 0.29) is 17.6 Å². The minimum absolute atomic E-state index is 0.152. The number of hydrogen-bond acceptors (Lipinski definition) is 4. The summed E-state index contributed by atoms with van der Waals surface area (Å²) < 4.78 is 10.5. The second-order valence-corrected chi connectivity index (χ2v) is 5.72. The Bertz CT molecular complexity index is 682. The van der Waals surface area contributed by atoms with Crippen LogP contribution in [0.15, 0.2) is 47.1 Å². The lowest BCUT2D eigenvalue weighted by Gasteiger charge is -2.13. The molecule has 1 heterocycles. The van der Waals surface area contributed by atoms with Crippen molar-refractivity contribution in [3.05, 3.63) is 54.0 Å². The van der Waals surface area contributed by atoms with Gasteiger partial charge in [0.15, 0.2) is 5.76 Å². The Hall–Kier alpha value is -2.60. The summed E-state index contributed by atoms with van der Waals surface area (Å²) in [6.07, 6.45) is 2.94. The minimum atomic E-state index is -0.478.